The molecule has 6 nitrogen and oxygen atoms in total. The van der Waals surface area contributed by atoms with E-state index in [-0.39, 0.29) is 0 Å². The molecule has 104 valence electrons. The van der Waals surface area contributed by atoms with Crippen molar-refractivity contribution in [3.63, 3.8) is 0 Å². The van der Waals surface area contributed by atoms with Crippen LogP contribution in [0.3, 0.4) is 0 Å². The molecule has 1 aliphatic rings. The van der Waals surface area contributed by atoms with E-state index in [2.05, 4.69) is 25.8 Å². The summed E-state index contributed by atoms with van der Waals surface area (Å²) in [6, 6.07) is 2.45. The molecule has 0 spiro atoms. The van der Waals surface area contributed by atoms with Crippen LogP contribution in [0.1, 0.15) is 18.4 Å². The Morgan fingerprint density at radius 2 is 2.20 bits per heavy atom. The fourth-order valence-corrected chi connectivity index (χ4v) is 2.39. The largest absolute Gasteiger partial charge is 0.388 e. The van der Waals surface area contributed by atoms with Gasteiger partial charge < -0.3 is 16.0 Å². The Hall–Kier alpha value is -2.21. The first-order valence-electron chi connectivity index (χ1n) is 6.84. The summed E-state index contributed by atoms with van der Waals surface area (Å²) in [5.41, 5.74) is 3.47. The van der Waals surface area contributed by atoms with E-state index in [1.165, 1.54) is 6.21 Å². The molecule has 0 unspecified atom stereocenters. The van der Waals surface area contributed by atoms with Gasteiger partial charge in [0.1, 0.15) is 5.52 Å². The minimum absolute atomic E-state index is 0.482. The topological polar surface area (TPSA) is 89.5 Å². The van der Waals surface area contributed by atoms with Crippen molar-refractivity contribution in [2.24, 2.45) is 0 Å². The van der Waals surface area contributed by atoms with Crippen LogP contribution < -0.4 is 10.6 Å². The molecule has 6 heteroatoms. The first kappa shape index (κ1) is 12.8. The van der Waals surface area contributed by atoms with E-state index >= 15 is 0 Å². The minimum Gasteiger partial charge on any atom is -0.388 e. The van der Waals surface area contributed by atoms with Crippen LogP contribution >= 0.6 is 0 Å². The van der Waals surface area contributed by atoms with E-state index in [0.717, 1.165) is 48.1 Å². The first-order chi connectivity index (χ1) is 9.86. The monoisotopic (exact) mass is 270 g/mol. The molecule has 3 heterocycles. The third kappa shape index (κ3) is 2.70. The Kier molecular flexibility index (Phi) is 3.73. The number of hydrogen-bond acceptors (Lipinski definition) is 5. The molecule has 0 aromatic carbocycles. The lowest BCUT2D eigenvalue weighted by Crippen LogP contribution is -2.37. The number of piperidine rings is 1. The summed E-state index contributed by atoms with van der Waals surface area (Å²) < 4.78 is 0. The highest BCUT2D eigenvalue weighted by atomic mass is 15.1. The third-order valence-corrected chi connectivity index (χ3v) is 3.59. The van der Waals surface area contributed by atoms with Crippen LogP contribution in [-0.4, -0.2) is 40.5 Å². The average molecular weight is 270 g/mol. The van der Waals surface area contributed by atoms with Crippen molar-refractivity contribution >= 4 is 22.8 Å². The standard InChI is InChI=1S/C14H18N6/c15-6-11(8-17-12-1-3-16-4-2-12)10-5-13-14(18-7-10)9-19-20-13/h5-9,12,15-17H,1-4H2,(H,19,20)/b11-8+,15-6?. The second-order valence-corrected chi connectivity index (χ2v) is 4.96. The van der Waals surface area contributed by atoms with E-state index in [4.69, 9.17) is 5.41 Å². The van der Waals surface area contributed by atoms with Gasteiger partial charge in [0.2, 0.25) is 0 Å². The molecule has 1 aliphatic heterocycles. The van der Waals surface area contributed by atoms with Gasteiger partial charge in [0.25, 0.3) is 0 Å². The molecule has 0 bridgehead atoms. The Morgan fingerprint density at radius 1 is 1.35 bits per heavy atom. The number of H-pyrrole nitrogens is 1. The third-order valence-electron chi connectivity index (χ3n) is 3.59. The highest BCUT2D eigenvalue weighted by Crippen LogP contribution is 2.16. The van der Waals surface area contributed by atoms with Crippen LogP contribution in [0.4, 0.5) is 0 Å². The van der Waals surface area contributed by atoms with Crippen LogP contribution in [0.2, 0.25) is 0 Å². The fraction of sp³-hybridized carbons (Fsp3) is 0.357. The molecule has 1 fully saturated rings. The number of nitrogens with one attached hydrogen (secondary N) is 4. The van der Waals surface area contributed by atoms with Crippen molar-refractivity contribution < 1.29 is 0 Å². The normalized spacial score (nSPS) is 17.3. The van der Waals surface area contributed by atoms with E-state index in [9.17, 15) is 0 Å². The van der Waals surface area contributed by atoms with Crippen molar-refractivity contribution in [2.45, 2.75) is 18.9 Å². The summed E-state index contributed by atoms with van der Waals surface area (Å²) in [5, 5.41) is 21.2. The van der Waals surface area contributed by atoms with Gasteiger partial charge in [0.05, 0.1) is 11.7 Å². The maximum Gasteiger partial charge on any atom is 0.108 e. The quantitative estimate of drug-likeness (QED) is 0.630. The first-order valence-corrected chi connectivity index (χ1v) is 6.84. The molecule has 2 aromatic heterocycles. The maximum absolute atomic E-state index is 7.59. The molecule has 0 radical (unpaired) electrons. The number of aromatic nitrogens is 3. The zero-order valence-corrected chi connectivity index (χ0v) is 11.2. The van der Waals surface area contributed by atoms with Crippen molar-refractivity contribution in [3.8, 4) is 0 Å². The number of aromatic amines is 1. The van der Waals surface area contributed by atoms with Crippen molar-refractivity contribution in [1.82, 2.24) is 25.8 Å². The zero-order chi connectivity index (χ0) is 13.8. The zero-order valence-electron chi connectivity index (χ0n) is 11.2. The summed E-state index contributed by atoms with van der Waals surface area (Å²) in [5.74, 6) is 0. The van der Waals surface area contributed by atoms with E-state index in [1.807, 2.05) is 12.3 Å². The number of rotatable bonds is 4. The molecular weight excluding hydrogens is 252 g/mol. The molecule has 20 heavy (non-hydrogen) atoms. The fourth-order valence-electron chi connectivity index (χ4n) is 2.39. The van der Waals surface area contributed by atoms with Crippen LogP contribution in [0, 0.1) is 5.41 Å². The Morgan fingerprint density at radius 3 is 3.00 bits per heavy atom. The highest BCUT2D eigenvalue weighted by Gasteiger charge is 2.11. The van der Waals surface area contributed by atoms with Crippen molar-refractivity contribution in [2.75, 3.05) is 13.1 Å². The summed E-state index contributed by atoms with van der Waals surface area (Å²) >= 11 is 0. The molecule has 1 saturated heterocycles. The average Bonchev–Trinajstić information content (AvgIpc) is 2.96. The highest BCUT2D eigenvalue weighted by molar-refractivity contribution is 6.08. The number of fused-ring (bicyclic) bond motifs is 1. The van der Waals surface area contributed by atoms with Crippen LogP contribution in [0.5, 0.6) is 0 Å². The molecule has 2 aromatic rings. The predicted molar refractivity (Wildman–Crippen MR) is 79.7 cm³/mol. The van der Waals surface area contributed by atoms with Gasteiger partial charge in [-0.25, -0.2) is 0 Å². The molecule has 0 amide bonds. The predicted octanol–water partition coefficient (Wildman–Crippen LogP) is 1.29. The summed E-state index contributed by atoms with van der Waals surface area (Å²) in [4.78, 5) is 4.33. The number of nitrogens with zero attached hydrogens (tertiary/aromatic N) is 2. The second kappa shape index (κ2) is 5.83. The van der Waals surface area contributed by atoms with E-state index in [1.54, 1.807) is 12.4 Å². The van der Waals surface area contributed by atoms with Gasteiger partial charge in [-0.15, -0.1) is 0 Å². The molecule has 3 rings (SSSR count). The summed E-state index contributed by atoms with van der Waals surface area (Å²) in [7, 11) is 0. The van der Waals surface area contributed by atoms with Gasteiger partial charge in [-0.05, 0) is 32.0 Å². The minimum atomic E-state index is 0.482. The van der Waals surface area contributed by atoms with Gasteiger partial charge in [-0.1, -0.05) is 0 Å². The van der Waals surface area contributed by atoms with Gasteiger partial charge in [0, 0.05) is 35.8 Å². The smallest absolute Gasteiger partial charge is 0.108 e. The van der Waals surface area contributed by atoms with Crippen LogP contribution in [0.15, 0.2) is 24.7 Å². The number of allylic oxidation sites excluding steroid dienone is 1. The van der Waals surface area contributed by atoms with Gasteiger partial charge in [-0.3, -0.25) is 10.1 Å². The molecule has 0 saturated carbocycles. The Labute approximate surface area is 117 Å². The maximum atomic E-state index is 7.59. The van der Waals surface area contributed by atoms with Crippen molar-refractivity contribution in [1.29, 1.82) is 5.41 Å². The van der Waals surface area contributed by atoms with E-state index in [0.29, 0.717) is 6.04 Å². The summed E-state index contributed by atoms with van der Waals surface area (Å²) in [6.07, 6.45) is 8.97. The molecule has 4 N–H and O–H groups in total. The molecule has 0 atom stereocenters. The van der Waals surface area contributed by atoms with Gasteiger partial charge in [0.15, 0.2) is 0 Å². The van der Waals surface area contributed by atoms with Gasteiger partial charge >= 0.3 is 0 Å². The lowest BCUT2D eigenvalue weighted by molar-refractivity contribution is 0.420. The number of hydrogen-bond donors (Lipinski definition) is 4. The lowest BCUT2D eigenvalue weighted by Gasteiger charge is -2.23. The Bertz CT molecular complexity index is 623. The second-order valence-electron chi connectivity index (χ2n) is 4.96. The molecule has 0 aliphatic carbocycles. The van der Waals surface area contributed by atoms with Crippen LogP contribution in [-0.2, 0) is 0 Å². The Balaban J connectivity index is 1.78. The lowest BCUT2D eigenvalue weighted by atomic mass is 10.1. The van der Waals surface area contributed by atoms with Gasteiger partial charge in [-0.2, -0.15) is 5.10 Å². The summed E-state index contributed by atoms with van der Waals surface area (Å²) in [6.45, 7) is 2.10. The van der Waals surface area contributed by atoms with E-state index < -0.39 is 0 Å². The van der Waals surface area contributed by atoms with Crippen LogP contribution in [0.25, 0.3) is 16.6 Å². The SMILES string of the molecule is N=C/C(=C\NC1CCNCC1)c1cnc2cn[nH]c2c1. The van der Waals surface area contributed by atoms with Crippen molar-refractivity contribution in [3.05, 3.63) is 30.2 Å². The number of pyridine rings is 1. The molecular formula is C14H18N6.